The van der Waals surface area contributed by atoms with Gasteiger partial charge in [-0.05, 0) is 33.6 Å². The lowest BCUT2D eigenvalue weighted by Gasteiger charge is -2.26. The molecule has 0 aromatic carbocycles. The van der Waals surface area contributed by atoms with E-state index in [9.17, 15) is 4.79 Å². The second-order valence-electron chi connectivity index (χ2n) is 5.76. The van der Waals surface area contributed by atoms with Crippen LogP contribution < -0.4 is 5.73 Å². The fourth-order valence-corrected chi connectivity index (χ4v) is 1.89. The summed E-state index contributed by atoms with van der Waals surface area (Å²) in [6.07, 6.45) is 1.29. The summed E-state index contributed by atoms with van der Waals surface area (Å²) in [7, 11) is 1.66. The number of hydrogen-bond donors (Lipinski definition) is 1. The molecule has 1 fully saturated rings. The minimum absolute atomic E-state index is 0.276. The first-order valence-electron chi connectivity index (χ1n) is 6.01. The minimum atomic E-state index is -0.455. The number of hydrogen-bond acceptors (Lipinski definition) is 4. The molecule has 5 heteroatoms. The Balaban J connectivity index is 2.47. The highest BCUT2D eigenvalue weighted by Crippen LogP contribution is 2.23. The number of carbonyl (C=O) groups is 1. The van der Waals surface area contributed by atoms with E-state index in [4.69, 9.17) is 15.2 Å². The van der Waals surface area contributed by atoms with Gasteiger partial charge in [-0.3, -0.25) is 0 Å². The van der Waals surface area contributed by atoms with E-state index in [0.717, 1.165) is 12.8 Å². The molecule has 1 aliphatic heterocycles. The molecule has 17 heavy (non-hydrogen) atoms. The predicted octanol–water partition coefficient (Wildman–Crippen LogP) is 1.36. The normalized spacial score (nSPS) is 25.1. The molecule has 1 aliphatic rings. The van der Waals surface area contributed by atoms with Crippen LogP contribution in [0.3, 0.4) is 0 Å². The van der Waals surface area contributed by atoms with Crippen molar-refractivity contribution in [1.29, 1.82) is 0 Å². The quantitative estimate of drug-likeness (QED) is 0.814. The lowest BCUT2D eigenvalue weighted by atomic mass is 9.96. The monoisotopic (exact) mass is 244 g/mol. The fraction of sp³-hybridized carbons (Fsp3) is 0.917. The first-order valence-corrected chi connectivity index (χ1v) is 6.01. The lowest BCUT2D eigenvalue weighted by Crippen LogP contribution is -2.45. The van der Waals surface area contributed by atoms with E-state index in [1.807, 2.05) is 20.8 Å². The molecular formula is C12H24N2O3. The summed E-state index contributed by atoms with van der Waals surface area (Å²) in [6, 6.07) is 0. The maximum atomic E-state index is 11.8. The van der Waals surface area contributed by atoms with Gasteiger partial charge in [-0.25, -0.2) is 4.79 Å². The molecule has 0 saturated carbocycles. The Morgan fingerprint density at radius 3 is 2.65 bits per heavy atom. The summed E-state index contributed by atoms with van der Waals surface area (Å²) in [6.45, 7) is 7.42. The molecule has 5 nitrogen and oxygen atoms in total. The van der Waals surface area contributed by atoms with Crippen molar-refractivity contribution in [3.05, 3.63) is 0 Å². The van der Waals surface area contributed by atoms with Crippen molar-refractivity contribution in [2.24, 2.45) is 5.73 Å². The van der Waals surface area contributed by atoms with Gasteiger partial charge in [-0.1, -0.05) is 0 Å². The second kappa shape index (κ2) is 5.23. The number of nitrogens with two attached hydrogens (primary N) is 1. The van der Waals surface area contributed by atoms with Crippen LogP contribution in [0.2, 0.25) is 0 Å². The number of amides is 1. The third-order valence-corrected chi connectivity index (χ3v) is 2.84. The van der Waals surface area contributed by atoms with Crippen LogP contribution in [-0.4, -0.2) is 48.9 Å². The summed E-state index contributed by atoms with van der Waals surface area (Å²) in [5.74, 6) is 0. The average Bonchev–Trinajstić information content (AvgIpc) is 2.56. The van der Waals surface area contributed by atoms with E-state index in [2.05, 4.69) is 0 Å². The van der Waals surface area contributed by atoms with Crippen molar-refractivity contribution >= 4 is 6.09 Å². The lowest BCUT2D eigenvalue weighted by molar-refractivity contribution is 0.0280. The third-order valence-electron chi connectivity index (χ3n) is 2.84. The number of carbonyl (C=O) groups excluding carboxylic acids is 1. The van der Waals surface area contributed by atoms with Crippen LogP contribution in [0.15, 0.2) is 0 Å². The molecule has 0 spiro atoms. The number of methoxy groups -OCH3 is 1. The fourth-order valence-electron chi connectivity index (χ4n) is 1.89. The van der Waals surface area contributed by atoms with E-state index >= 15 is 0 Å². The molecule has 0 aliphatic carbocycles. The summed E-state index contributed by atoms with van der Waals surface area (Å²) >= 11 is 0. The van der Waals surface area contributed by atoms with Crippen LogP contribution in [-0.2, 0) is 9.47 Å². The van der Waals surface area contributed by atoms with Crippen molar-refractivity contribution in [3.8, 4) is 0 Å². The molecule has 0 bridgehead atoms. The van der Waals surface area contributed by atoms with Gasteiger partial charge in [0.2, 0.25) is 0 Å². The first-order chi connectivity index (χ1) is 7.76. The third kappa shape index (κ3) is 4.52. The molecule has 1 saturated heterocycles. The van der Waals surface area contributed by atoms with Gasteiger partial charge in [0.05, 0.1) is 0 Å². The van der Waals surface area contributed by atoms with E-state index in [1.165, 1.54) is 0 Å². The zero-order valence-corrected chi connectivity index (χ0v) is 11.3. The van der Waals surface area contributed by atoms with Crippen molar-refractivity contribution in [2.45, 2.75) is 44.8 Å². The van der Waals surface area contributed by atoms with E-state index in [1.54, 1.807) is 12.0 Å². The number of nitrogens with zero attached hydrogens (tertiary/aromatic N) is 1. The highest BCUT2D eigenvalue weighted by molar-refractivity contribution is 5.68. The molecule has 0 aromatic heterocycles. The summed E-state index contributed by atoms with van der Waals surface area (Å²) in [5, 5.41) is 0. The number of likely N-dealkylation sites (tertiary alicyclic amines) is 1. The summed E-state index contributed by atoms with van der Waals surface area (Å²) in [5.41, 5.74) is 5.43. The van der Waals surface area contributed by atoms with Gasteiger partial charge in [-0.2, -0.15) is 0 Å². The van der Waals surface area contributed by atoms with Gasteiger partial charge in [0.1, 0.15) is 5.60 Å². The Hall–Kier alpha value is -0.810. The van der Waals surface area contributed by atoms with Crippen molar-refractivity contribution < 1.29 is 14.3 Å². The van der Waals surface area contributed by atoms with Gasteiger partial charge in [0, 0.05) is 32.3 Å². The smallest absolute Gasteiger partial charge is 0.410 e. The Labute approximate surface area is 103 Å². The molecule has 1 rings (SSSR count). The predicted molar refractivity (Wildman–Crippen MR) is 65.8 cm³/mol. The van der Waals surface area contributed by atoms with Crippen molar-refractivity contribution in [1.82, 2.24) is 4.90 Å². The second-order valence-corrected chi connectivity index (χ2v) is 5.76. The van der Waals surface area contributed by atoms with Crippen molar-refractivity contribution in [3.63, 3.8) is 0 Å². The summed E-state index contributed by atoms with van der Waals surface area (Å²) < 4.78 is 10.4. The zero-order valence-electron chi connectivity index (χ0n) is 11.3. The maximum absolute atomic E-state index is 11.8. The summed E-state index contributed by atoms with van der Waals surface area (Å²) in [4.78, 5) is 13.5. The van der Waals surface area contributed by atoms with Crippen LogP contribution in [0.4, 0.5) is 4.79 Å². The highest BCUT2D eigenvalue weighted by Gasteiger charge is 2.37. The maximum Gasteiger partial charge on any atom is 0.410 e. The van der Waals surface area contributed by atoms with Gasteiger partial charge in [0.25, 0.3) is 0 Å². The Morgan fingerprint density at radius 1 is 1.47 bits per heavy atom. The van der Waals surface area contributed by atoms with Gasteiger partial charge >= 0.3 is 6.09 Å². The molecule has 0 aromatic rings. The molecular weight excluding hydrogens is 220 g/mol. The minimum Gasteiger partial charge on any atom is -0.444 e. The zero-order chi connectivity index (χ0) is 13.1. The molecule has 2 N–H and O–H groups in total. The van der Waals surface area contributed by atoms with Gasteiger partial charge < -0.3 is 20.1 Å². The number of rotatable bonds is 3. The van der Waals surface area contributed by atoms with E-state index in [-0.39, 0.29) is 11.6 Å². The molecule has 100 valence electrons. The molecule has 1 atom stereocenters. The van der Waals surface area contributed by atoms with Gasteiger partial charge in [-0.15, -0.1) is 0 Å². The van der Waals surface area contributed by atoms with Crippen molar-refractivity contribution in [2.75, 3.05) is 26.8 Å². The molecule has 0 radical (unpaired) electrons. The highest BCUT2D eigenvalue weighted by atomic mass is 16.6. The van der Waals surface area contributed by atoms with Crippen LogP contribution in [0.1, 0.15) is 33.6 Å². The number of ether oxygens (including phenoxy) is 2. The van der Waals surface area contributed by atoms with Crippen LogP contribution in [0.5, 0.6) is 0 Å². The largest absolute Gasteiger partial charge is 0.444 e. The van der Waals surface area contributed by atoms with Crippen LogP contribution in [0.25, 0.3) is 0 Å². The first kappa shape index (κ1) is 14.3. The SMILES string of the molecule is COCCC1(N)CCN(C(=O)OC(C)(C)C)C1. The van der Waals surface area contributed by atoms with E-state index < -0.39 is 5.60 Å². The van der Waals surface area contributed by atoms with Crippen LogP contribution >= 0.6 is 0 Å². The Bertz CT molecular complexity index is 275. The topological polar surface area (TPSA) is 64.8 Å². The Kier molecular flexibility index (Phi) is 4.38. The Morgan fingerprint density at radius 2 is 2.12 bits per heavy atom. The van der Waals surface area contributed by atoms with Crippen LogP contribution in [0, 0.1) is 0 Å². The standard InChI is InChI=1S/C12H24N2O3/c1-11(2,3)17-10(15)14-7-5-12(13,9-14)6-8-16-4/h5-9,13H2,1-4H3. The molecule has 1 heterocycles. The van der Waals surface area contributed by atoms with E-state index in [0.29, 0.717) is 19.7 Å². The molecule has 1 unspecified atom stereocenters. The average molecular weight is 244 g/mol. The molecule has 1 amide bonds. The van der Waals surface area contributed by atoms with Gasteiger partial charge in [0.15, 0.2) is 0 Å².